The number of ether oxygens (including phenoxy) is 1. The van der Waals surface area contributed by atoms with Gasteiger partial charge in [0.2, 0.25) is 0 Å². The Morgan fingerprint density at radius 3 is 2.69 bits per heavy atom. The van der Waals surface area contributed by atoms with Crippen molar-refractivity contribution in [3.63, 3.8) is 0 Å². The number of aryl methyl sites for hydroxylation is 2. The first-order chi connectivity index (χ1) is 12.5. The number of carbonyl (C=O) groups excluding carboxylic acids is 2. The first kappa shape index (κ1) is 18.5. The Morgan fingerprint density at radius 2 is 1.92 bits per heavy atom. The summed E-state index contributed by atoms with van der Waals surface area (Å²) >= 11 is 1.42. The molecule has 2 aromatic carbocycles. The van der Waals surface area contributed by atoms with Gasteiger partial charge < -0.3 is 9.64 Å². The molecule has 1 amide bonds. The SMILES string of the molecule is Cc1ccc(SCC(=O)OCC(=O)N2c3ccccc3C[C@@H]2C)cc1C. The highest BCUT2D eigenvalue weighted by Crippen LogP contribution is 2.31. The van der Waals surface area contributed by atoms with Crippen LogP contribution in [0.15, 0.2) is 47.4 Å². The second-order valence-corrected chi connectivity index (χ2v) is 7.69. The summed E-state index contributed by atoms with van der Waals surface area (Å²) in [4.78, 5) is 27.3. The number of hydrogen-bond donors (Lipinski definition) is 0. The number of fused-ring (bicyclic) bond motifs is 1. The minimum atomic E-state index is -0.373. The van der Waals surface area contributed by atoms with Gasteiger partial charge in [0.15, 0.2) is 6.61 Å². The lowest BCUT2D eigenvalue weighted by Gasteiger charge is -2.22. The van der Waals surface area contributed by atoms with Gasteiger partial charge in [-0.3, -0.25) is 9.59 Å². The Kier molecular flexibility index (Phi) is 5.67. The second kappa shape index (κ2) is 7.96. The molecule has 136 valence electrons. The molecule has 0 spiro atoms. The summed E-state index contributed by atoms with van der Waals surface area (Å²) in [6.07, 6.45) is 0.832. The van der Waals surface area contributed by atoms with Gasteiger partial charge in [0.05, 0.1) is 5.75 Å². The van der Waals surface area contributed by atoms with Crippen LogP contribution in [0.3, 0.4) is 0 Å². The lowest BCUT2D eigenvalue weighted by atomic mass is 10.1. The van der Waals surface area contributed by atoms with Crippen LogP contribution in [0.5, 0.6) is 0 Å². The number of hydrogen-bond acceptors (Lipinski definition) is 4. The topological polar surface area (TPSA) is 46.6 Å². The van der Waals surface area contributed by atoms with Gasteiger partial charge in [-0.1, -0.05) is 24.3 Å². The number of rotatable bonds is 5. The number of amides is 1. The molecule has 0 unspecified atom stereocenters. The summed E-state index contributed by atoms with van der Waals surface area (Å²) in [6.45, 7) is 5.90. The number of carbonyl (C=O) groups is 2. The van der Waals surface area contributed by atoms with Crippen molar-refractivity contribution in [1.29, 1.82) is 0 Å². The van der Waals surface area contributed by atoms with E-state index in [1.165, 1.54) is 22.9 Å². The molecule has 4 nitrogen and oxygen atoms in total. The van der Waals surface area contributed by atoms with Crippen molar-refractivity contribution < 1.29 is 14.3 Å². The van der Waals surface area contributed by atoms with E-state index >= 15 is 0 Å². The largest absolute Gasteiger partial charge is 0.455 e. The third-order valence-electron chi connectivity index (χ3n) is 4.67. The van der Waals surface area contributed by atoms with E-state index in [2.05, 4.69) is 13.0 Å². The maximum Gasteiger partial charge on any atom is 0.316 e. The highest BCUT2D eigenvalue weighted by atomic mass is 32.2. The van der Waals surface area contributed by atoms with Gasteiger partial charge in [-0.15, -0.1) is 11.8 Å². The maximum absolute atomic E-state index is 12.5. The van der Waals surface area contributed by atoms with Crippen LogP contribution in [0.1, 0.15) is 23.6 Å². The van der Waals surface area contributed by atoms with Gasteiger partial charge in [0.1, 0.15) is 0 Å². The van der Waals surface area contributed by atoms with E-state index in [0.29, 0.717) is 0 Å². The smallest absolute Gasteiger partial charge is 0.316 e. The summed E-state index contributed by atoms with van der Waals surface area (Å²) in [5.74, 6) is -0.351. The zero-order valence-corrected chi connectivity index (χ0v) is 16.1. The minimum absolute atomic E-state index is 0.0866. The Labute approximate surface area is 158 Å². The van der Waals surface area contributed by atoms with Crippen molar-refractivity contribution in [3.8, 4) is 0 Å². The Balaban J connectivity index is 1.51. The van der Waals surface area contributed by atoms with Crippen molar-refractivity contribution in [2.24, 2.45) is 0 Å². The van der Waals surface area contributed by atoms with Crippen LogP contribution in [0.25, 0.3) is 0 Å². The number of para-hydroxylation sites is 1. The number of anilines is 1. The summed E-state index contributed by atoms with van der Waals surface area (Å²) in [5.41, 5.74) is 4.50. The van der Waals surface area contributed by atoms with Crippen LogP contribution in [0.4, 0.5) is 5.69 Å². The number of thioether (sulfide) groups is 1. The molecule has 0 aliphatic carbocycles. The second-order valence-electron chi connectivity index (χ2n) is 6.64. The predicted molar refractivity (Wildman–Crippen MR) is 105 cm³/mol. The highest BCUT2D eigenvalue weighted by Gasteiger charge is 2.30. The van der Waals surface area contributed by atoms with Crippen LogP contribution < -0.4 is 4.90 Å². The van der Waals surface area contributed by atoms with E-state index in [-0.39, 0.29) is 30.3 Å². The van der Waals surface area contributed by atoms with Gasteiger partial charge in [0.25, 0.3) is 5.91 Å². The summed E-state index contributed by atoms with van der Waals surface area (Å²) in [6, 6.07) is 14.0. The number of nitrogens with zero attached hydrogens (tertiary/aromatic N) is 1. The molecule has 1 aliphatic heterocycles. The van der Waals surface area contributed by atoms with Crippen molar-refractivity contribution >= 4 is 29.3 Å². The molecule has 3 rings (SSSR count). The van der Waals surface area contributed by atoms with E-state index in [9.17, 15) is 9.59 Å². The summed E-state index contributed by atoms with van der Waals surface area (Å²) in [5, 5.41) is 0. The van der Waals surface area contributed by atoms with Gasteiger partial charge in [-0.05, 0) is 62.1 Å². The van der Waals surface area contributed by atoms with Crippen LogP contribution in [-0.2, 0) is 20.7 Å². The molecule has 0 fully saturated rings. The molecule has 1 atom stereocenters. The van der Waals surface area contributed by atoms with Crippen molar-refractivity contribution in [2.75, 3.05) is 17.3 Å². The lowest BCUT2D eigenvalue weighted by Crippen LogP contribution is -2.38. The molecule has 5 heteroatoms. The Hall–Kier alpha value is -2.27. The molecule has 0 saturated carbocycles. The molecule has 1 heterocycles. The zero-order chi connectivity index (χ0) is 18.7. The molecular formula is C21H23NO3S. The molecular weight excluding hydrogens is 346 g/mol. The first-order valence-corrected chi connectivity index (χ1v) is 9.70. The summed E-state index contributed by atoms with van der Waals surface area (Å²) < 4.78 is 5.20. The summed E-state index contributed by atoms with van der Waals surface area (Å²) in [7, 11) is 0. The maximum atomic E-state index is 12.5. The van der Waals surface area contributed by atoms with Crippen LogP contribution in [0, 0.1) is 13.8 Å². The quantitative estimate of drug-likeness (QED) is 0.592. The average Bonchev–Trinajstić information content (AvgIpc) is 2.96. The average molecular weight is 369 g/mol. The van der Waals surface area contributed by atoms with Crippen molar-refractivity contribution in [1.82, 2.24) is 0 Å². The normalized spacial score (nSPS) is 15.7. The molecule has 0 aromatic heterocycles. The first-order valence-electron chi connectivity index (χ1n) is 8.71. The Morgan fingerprint density at radius 1 is 1.15 bits per heavy atom. The van der Waals surface area contributed by atoms with E-state index < -0.39 is 0 Å². The minimum Gasteiger partial charge on any atom is -0.455 e. The van der Waals surface area contributed by atoms with Gasteiger partial charge in [-0.25, -0.2) is 0 Å². The third-order valence-corrected chi connectivity index (χ3v) is 5.63. The molecule has 0 bridgehead atoms. The molecule has 0 radical (unpaired) electrons. The fourth-order valence-corrected chi connectivity index (χ4v) is 3.94. The van der Waals surface area contributed by atoms with Gasteiger partial charge in [0, 0.05) is 16.6 Å². The number of esters is 1. The molecule has 0 saturated heterocycles. The molecule has 1 aliphatic rings. The van der Waals surface area contributed by atoms with Gasteiger partial charge >= 0.3 is 5.97 Å². The van der Waals surface area contributed by atoms with E-state index in [0.717, 1.165) is 22.6 Å². The van der Waals surface area contributed by atoms with Crippen LogP contribution >= 0.6 is 11.8 Å². The van der Waals surface area contributed by atoms with Crippen LogP contribution in [-0.4, -0.2) is 30.3 Å². The zero-order valence-electron chi connectivity index (χ0n) is 15.3. The monoisotopic (exact) mass is 369 g/mol. The number of benzene rings is 2. The van der Waals surface area contributed by atoms with Crippen molar-refractivity contribution in [2.45, 2.75) is 38.1 Å². The fraction of sp³-hybridized carbons (Fsp3) is 0.333. The van der Waals surface area contributed by atoms with Crippen molar-refractivity contribution in [3.05, 3.63) is 59.2 Å². The lowest BCUT2D eigenvalue weighted by molar-refractivity contribution is -0.145. The molecule has 0 N–H and O–H groups in total. The fourth-order valence-electron chi connectivity index (χ4n) is 3.14. The molecule has 26 heavy (non-hydrogen) atoms. The Bertz CT molecular complexity index is 834. The third kappa shape index (κ3) is 4.10. The van der Waals surface area contributed by atoms with Gasteiger partial charge in [-0.2, -0.15) is 0 Å². The van der Waals surface area contributed by atoms with E-state index in [1.54, 1.807) is 4.90 Å². The standard InChI is InChI=1S/C21H23NO3S/c1-14-8-9-18(10-15(14)2)26-13-21(24)25-12-20(23)22-16(3)11-17-6-4-5-7-19(17)22/h4-10,16H,11-13H2,1-3H3/t16-/m0/s1. The van der Waals surface area contributed by atoms with Crippen LogP contribution in [0.2, 0.25) is 0 Å². The highest BCUT2D eigenvalue weighted by molar-refractivity contribution is 8.00. The van der Waals surface area contributed by atoms with E-state index in [4.69, 9.17) is 4.74 Å². The van der Waals surface area contributed by atoms with E-state index in [1.807, 2.05) is 50.2 Å². The molecule has 2 aromatic rings. The predicted octanol–water partition coefficient (Wildman–Crippen LogP) is 3.92.